The summed E-state index contributed by atoms with van der Waals surface area (Å²) in [5, 5.41) is 15.3. The Morgan fingerprint density at radius 3 is 1.68 bits per heavy atom. The Morgan fingerprint density at radius 1 is 0.643 bits per heavy atom. The Labute approximate surface area is 175 Å². The van der Waals surface area contributed by atoms with Gasteiger partial charge in [0.15, 0.2) is 10.9 Å². The summed E-state index contributed by atoms with van der Waals surface area (Å²) < 4.78 is 1.36. The van der Waals surface area contributed by atoms with E-state index in [9.17, 15) is 14.7 Å². The maximum Gasteiger partial charge on any atom is 0.194 e. The molecule has 1 N–H and O–H groups in total. The van der Waals surface area contributed by atoms with Crippen molar-refractivity contribution in [2.24, 2.45) is 0 Å². The minimum atomic E-state index is -0.200. The molecule has 0 atom stereocenters. The number of halogens is 2. The van der Waals surface area contributed by atoms with E-state index in [-0.39, 0.29) is 16.6 Å². The summed E-state index contributed by atoms with van der Waals surface area (Å²) in [7, 11) is 6.06. The van der Waals surface area contributed by atoms with Crippen molar-refractivity contribution in [2.75, 3.05) is 0 Å². The lowest BCUT2D eigenvalue weighted by molar-refractivity contribution is 0.488. The Kier molecular flexibility index (Phi) is 3.03. The van der Waals surface area contributed by atoms with E-state index in [2.05, 4.69) is 31.9 Å². The van der Waals surface area contributed by atoms with Gasteiger partial charge in [0, 0.05) is 63.2 Å². The van der Waals surface area contributed by atoms with Crippen LogP contribution >= 0.6 is 31.9 Å². The lowest BCUT2D eigenvalue weighted by Gasteiger charge is -2.22. The summed E-state index contributed by atoms with van der Waals surface area (Å²) in [5.74, 6) is 0.0226. The Balaban J connectivity index is 2.19. The first-order valence-electron chi connectivity index (χ1n) is 8.51. The number of hydrogen-bond acceptors (Lipinski definition) is 3. The summed E-state index contributed by atoms with van der Waals surface area (Å²) in [6.07, 6.45) is 0. The van der Waals surface area contributed by atoms with Crippen LogP contribution in [0.5, 0.6) is 5.75 Å². The van der Waals surface area contributed by atoms with E-state index in [4.69, 9.17) is 7.85 Å². The molecule has 2 aliphatic rings. The quantitative estimate of drug-likeness (QED) is 0.195. The number of hydrogen-bond donors (Lipinski definition) is 1. The highest BCUT2D eigenvalue weighted by molar-refractivity contribution is 9.10. The number of aromatic hydroxyl groups is 1. The topological polar surface area (TPSA) is 54.4 Å². The molecule has 130 valence electrons. The molecular weight excluding hydrogens is 483 g/mol. The minimum Gasteiger partial charge on any atom is -0.507 e. The highest BCUT2D eigenvalue weighted by Gasteiger charge is 2.28. The predicted octanol–water partition coefficient (Wildman–Crippen LogP) is 4.46. The second-order valence-electron chi connectivity index (χ2n) is 7.12. The van der Waals surface area contributed by atoms with E-state index in [1.807, 2.05) is 0 Å². The monoisotopic (exact) mass is 488 g/mol. The van der Waals surface area contributed by atoms with Crippen LogP contribution in [-0.2, 0) is 0 Å². The van der Waals surface area contributed by atoms with Gasteiger partial charge in [0.1, 0.15) is 13.6 Å². The van der Waals surface area contributed by atoms with Crippen molar-refractivity contribution in [3.8, 4) is 16.9 Å². The van der Waals surface area contributed by atoms with Crippen LogP contribution in [0.25, 0.3) is 54.2 Å². The molecule has 0 fully saturated rings. The van der Waals surface area contributed by atoms with Crippen LogP contribution in [0.3, 0.4) is 0 Å². The fourth-order valence-corrected chi connectivity index (χ4v) is 5.50. The van der Waals surface area contributed by atoms with Crippen molar-refractivity contribution >= 4 is 88.3 Å². The van der Waals surface area contributed by atoms with Crippen LogP contribution in [0.15, 0.2) is 54.9 Å². The van der Waals surface area contributed by atoms with Gasteiger partial charge in [-0.15, -0.1) is 0 Å². The van der Waals surface area contributed by atoms with Crippen LogP contribution < -0.4 is 16.3 Å². The number of phenols is 1. The van der Waals surface area contributed by atoms with E-state index < -0.39 is 0 Å². The van der Waals surface area contributed by atoms with Gasteiger partial charge in [0.25, 0.3) is 0 Å². The first kappa shape index (κ1) is 16.5. The lowest BCUT2D eigenvalue weighted by Crippen LogP contribution is -2.15. The molecule has 2 radical (unpaired) electrons. The van der Waals surface area contributed by atoms with Crippen molar-refractivity contribution in [3.05, 3.63) is 65.8 Å². The molecule has 3 nitrogen and oxygen atoms in total. The second kappa shape index (κ2) is 5.13. The van der Waals surface area contributed by atoms with Crippen molar-refractivity contribution in [2.45, 2.75) is 0 Å². The van der Waals surface area contributed by atoms with Crippen LogP contribution in [0.4, 0.5) is 0 Å². The van der Waals surface area contributed by atoms with Gasteiger partial charge in [0.05, 0.1) is 0 Å². The maximum absolute atomic E-state index is 13.3. The fourth-order valence-electron chi connectivity index (χ4n) is 4.59. The molecule has 0 unspecified atom stereocenters. The van der Waals surface area contributed by atoms with E-state index in [1.165, 1.54) is 0 Å². The summed E-state index contributed by atoms with van der Waals surface area (Å²) >= 11 is 6.88. The van der Waals surface area contributed by atoms with Crippen molar-refractivity contribution < 1.29 is 5.11 Å². The molecule has 0 heterocycles. The molecule has 0 aliphatic heterocycles. The van der Waals surface area contributed by atoms with Gasteiger partial charge in [-0.3, -0.25) is 9.59 Å². The molecule has 28 heavy (non-hydrogen) atoms. The third-order valence-electron chi connectivity index (χ3n) is 5.61. The Hall–Kier alpha value is -2.44. The number of benzene rings is 6. The third-order valence-corrected chi connectivity index (χ3v) is 6.52. The van der Waals surface area contributed by atoms with Gasteiger partial charge in [0.2, 0.25) is 0 Å². The zero-order valence-electron chi connectivity index (χ0n) is 14.1. The van der Waals surface area contributed by atoms with Gasteiger partial charge in [-0.25, -0.2) is 0 Å². The van der Waals surface area contributed by atoms with Gasteiger partial charge < -0.3 is 5.11 Å². The normalized spacial score (nSPS) is 12.5. The highest BCUT2D eigenvalue weighted by atomic mass is 79.9. The summed E-state index contributed by atoms with van der Waals surface area (Å²) in [6, 6.07) is 10.4. The molecule has 0 bridgehead atoms. The van der Waals surface area contributed by atoms with E-state index in [1.54, 1.807) is 36.4 Å². The average molecular weight is 490 g/mol. The van der Waals surface area contributed by atoms with Gasteiger partial charge in [-0.1, -0.05) is 49.5 Å². The molecule has 6 rings (SSSR count). The first-order chi connectivity index (χ1) is 13.4. The van der Waals surface area contributed by atoms with Crippen molar-refractivity contribution in [3.63, 3.8) is 0 Å². The van der Waals surface area contributed by atoms with Crippen molar-refractivity contribution in [1.29, 1.82) is 0 Å². The molecule has 0 spiro atoms. The minimum absolute atomic E-state index is 0.0226. The van der Waals surface area contributed by atoms with Gasteiger partial charge >= 0.3 is 0 Å². The highest BCUT2D eigenvalue weighted by Crippen LogP contribution is 2.49. The maximum atomic E-state index is 13.3. The molecule has 6 heteroatoms. The largest absolute Gasteiger partial charge is 0.507 e. The molecule has 2 aliphatic carbocycles. The smallest absolute Gasteiger partial charge is 0.194 e. The van der Waals surface area contributed by atoms with Crippen molar-refractivity contribution in [1.82, 2.24) is 0 Å². The Morgan fingerprint density at radius 2 is 1.07 bits per heavy atom. The van der Waals surface area contributed by atoms with Gasteiger partial charge in [-0.05, 0) is 24.3 Å². The molecule has 0 amide bonds. The van der Waals surface area contributed by atoms with E-state index in [0.717, 1.165) is 5.56 Å². The fraction of sp³-hybridized carbons (Fsp3) is 0. The predicted molar refractivity (Wildman–Crippen MR) is 122 cm³/mol. The van der Waals surface area contributed by atoms with Gasteiger partial charge in [-0.2, -0.15) is 0 Å². The molecular formula is C22H7BBr2O3. The average Bonchev–Trinajstić information content (AvgIpc) is 2.65. The summed E-state index contributed by atoms with van der Waals surface area (Å²) in [5.41, 5.74) is 1.49. The standard InChI is InChI=1S/C22H7BBr2O3/c23-7-1-10-16-11(2-7)21(27)13-4-9(25)6-15-18(13)19(16)17-12(20(10)26)3-8(24)5-14(17)22(15)28/h1-6,26H. The second-order valence-corrected chi connectivity index (χ2v) is 8.96. The molecule has 4 aromatic carbocycles. The SMILES string of the molecule is [B]c1cc2c(O)c3cc(Br)cc4c(=O)c5cc(Br)cc6c5-c(c2c(c1)c6=O)c34. The molecule has 0 aromatic heterocycles. The molecule has 0 saturated carbocycles. The number of rotatable bonds is 0. The molecule has 0 saturated heterocycles. The lowest BCUT2D eigenvalue weighted by atomic mass is 9.79. The van der Waals surface area contributed by atoms with E-state index >= 15 is 0 Å². The zero-order valence-corrected chi connectivity index (χ0v) is 17.2. The van der Waals surface area contributed by atoms with E-state index in [0.29, 0.717) is 63.1 Å². The third kappa shape index (κ3) is 1.80. The summed E-state index contributed by atoms with van der Waals surface area (Å²) in [6.45, 7) is 0. The van der Waals surface area contributed by atoms with Crippen LogP contribution in [0, 0.1) is 0 Å². The molecule has 4 aromatic rings. The summed E-state index contributed by atoms with van der Waals surface area (Å²) in [4.78, 5) is 26.6. The first-order valence-corrected chi connectivity index (χ1v) is 10.1. The Bertz CT molecular complexity index is 1580. The van der Waals surface area contributed by atoms with Crippen LogP contribution in [0.1, 0.15) is 0 Å². The van der Waals surface area contributed by atoms with Crippen LogP contribution in [-0.4, -0.2) is 13.0 Å². The zero-order chi connectivity index (χ0) is 19.5. The number of phenolic OH excluding ortho intramolecular Hbond substituents is 1. The van der Waals surface area contributed by atoms with Crippen LogP contribution in [0.2, 0.25) is 0 Å².